The maximum Gasteiger partial charge on any atom is 0.290 e. The fourth-order valence-electron chi connectivity index (χ4n) is 1.04. The zero-order chi connectivity index (χ0) is 10.7. The third-order valence-electron chi connectivity index (χ3n) is 1.69. The Bertz CT molecular complexity index is 466. The molecule has 2 aromatic heterocycles. The van der Waals surface area contributed by atoms with Crippen molar-refractivity contribution < 1.29 is 4.79 Å². The van der Waals surface area contributed by atoms with Gasteiger partial charge in [0.25, 0.3) is 5.91 Å². The van der Waals surface area contributed by atoms with Gasteiger partial charge >= 0.3 is 0 Å². The quantitative estimate of drug-likeness (QED) is 0.729. The monoisotopic (exact) mass is 204 g/mol. The lowest BCUT2D eigenvalue weighted by atomic mass is 10.3. The molecule has 0 bridgehead atoms. The number of rotatable bonds is 2. The van der Waals surface area contributed by atoms with E-state index in [-0.39, 0.29) is 5.91 Å². The Balaban J connectivity index is 2.15. The lowest BCUT2D eigenvalue weighted by Crippen LogP contribution is -2.24. The van der Waals surface area contributed by atoms with Crippen molar-refractivity contribution in [1.82, 2.24) is 25.3 Å². The third-order valence-corrected chi connectivity index (χ3v) is 1.69. The summed E-state index contributed by atoms with van der Waals surface area (Å²) in [4.78, 5) is 16.8. The van der Waals surface area contributed by atoms with Gasteiger partial charge in [0, 0.05) is 5.69 Å². The van der Waals surface area contributed by atoms with Gasteiger partial charge in [0.2, 0.25) is 0 Å². The predicted octanol–water partition coefficient (Wildman–Crippen LogP) is -0.240. The summed E-state index contributed by atoms with van der Waals surface area (Å²) in [6.45, 7) is 1.81. The summed E-state index contributed by atoms with van der Waals surface area (Å²) in [6.07, 6.45) is 1.29. The molecule has 0 fully saturated rings. The Morgan fingerprint density at radius 2 is 2.33 bits per heavy atom. The van der Waals surface area contributed by atoms with E-state index < -0.39 is 0 Å². The minimum absolute atomic E-state index is 0.325. The summed E-state index contributed by atoms with van der Waals surface area (Å²) in [7, 11) is 0. The zero-order valence-electron chi connectivity index (χ0n) is 7.95. The number of pyridine rings is 1. The van der Waals surface area contributed by atoms with Gasteiger partial charge in [-0.25, -0.2) is 10.4 Å². The Morgan fingerprint density at radius 3 is 3.00 bits per heavy atom. The molecule has 0 aliphatic rings. The SMILES string of the molecule is Cc1cccc(C(=O)Nn2cnnn2)n1. The number of amides is 1. The van der Waals surface area contributed by atoms with Gasteiger partial charge < -0.3 is 0 Å². The molecule has 0 aliphatic carbocycles. The lowest BCUT2D eigenvalue weighted by molar-refractivity contribution is 0.0999. The van der Waals surface area contributed by atoms with Crippen LogP contribution >= 0.6 is 0 Å². The molecule has 0 aliphatic heterocycles. The van der Waals surface area contributed by atoms with E-state index in [9.17, 15) is 4.79 Å². The Labute approximate surface area is 85.1 Å². The molecule has 7 nitrogen and oxygen atoms in total. The molecular weight excluding hydrogens is 196 g/mol. The molecule has 2 rings (SSSR count). The number of aryl methyl sites for hydroxylation is 1. The highest BCUT2D eigenvalue weighted by atomic mass is 16.2. The van der Waals surface area contributed by atoms with Crippen molar-refractivity contribution in [2.45, 2.75) is 6.92 Å². The van der Waals surface area contributed by atoms with E-state index in [1.165, 1.54) is 6.33 Å². The van der Waals surface area contributed by atoms with Crippen LogP contribution in [-0.2, 0) is 0 Å². The van der Waals surface area contributed by atoms with Crippen LogP contribution in [0.25, 0.3) is 0 Å². The minimum atomic E-state index is -0.356. The van der Waals surface area contributed by atoms with E-state index in [0.29, 0.717) is 5.69 Å². The number of carbonyl (C=O) groups is 1. The van der Waals surface area contributed by atoms with E-state index >= 15 is 0 Å². The first kappa shape index (κ1) is 9.25. The second-order valence-corrected chi connectivity index (χ2v) is 2.86. The van der Waals surface area contributed by atoms with E-state index in [1.807, 2.05) is 13.0 Å². The number of carbonyl (C=O) groups excluding carboxylic acids is 1. The van der Waals surface area contributed by atoms with Gasteiger partial charge in [0.1, 0.15) is 5.69 Å². The number of tetrazole rings is 1. The van der Waals surface area contributed by atoms with Crippen LogP contribution in [0.2, 0.25) is 0 Å². The zero-order valence-corrected chi connectivity index (χ0v) is 7.95. The van der Waals surface area contributed by atoms with Gasteiger partial charge in [-0.2, -0.15) is 0 Å². The largest absolute Gasteiger partial charge is 0.290 e. The molecular formula is C8H8N6O. The van der Waals surface area contributed by atoms with E-state index in [0.717, 1.165) is 10.5 Å². The molecule has 1 amide bonds. The second kappa shape index (κ2) is 3.82. The van der Waals surface area contributed by atoms with Crippen LogP contribution < -0.4 is 5.43 Å². The normalized spacial score (nSPS) is 9.93. The molecule has 0 spiro atoms. The van der Waals surface area contributed by atoms with Crippen LogP contribution in [0.3, 0.4) is 0 Å². The van der Waals surface area contributed by atoms with E-state index in [2.05, 4.69) is 25.9 Å². The lowest BCUT2D eigenvalue weighted by Gasteiger charge is -2.02. The molecule has 0 atom stereocenters. The molecule has 2 heterocycles. The van der Waals surface area contributed by atoms with Crippen molar-refractivity contribution in [3.8, 4) is 0 Å². The van der Waals surface area contributed by atoms with Crippen LogP contribution in [0.1, 0.15) is 16.2 Å². The standard InChI is InChI=1S/C8H8N6O/c1-6-3-2-4-7(10-6)8(15)11-14-5-9-12-13-14/h2-5H,1H3,(H,11,15). The number of nitrogens with one attached hydrogen (secondary N) is 1. The molecule has 0 saturated heterocycles. The van der Waals surface area contributed by atoms with Crippen LogP contribution in [-0.4, -0.2) is 31.2 Å². The number of hydrogen-bond donors (Lipinski definition) is 1. The molecule has 0 radical (unpaired) electrons. The maximum absolute atomic E-state index is 11.6. The summed E-state index contributed by atoms with van der Waals surface area (Å²) >= 11 is 0. The first-order valence-corrected chi connectivity index (χ1v) is 4.24. The average Bonchev–Trinajstić information content (AvgIpc) is 2.70. The van der Waals surface area contributed by atoms with Crippen molar-refractivity contribution in [2.24, 2.45) is 0 Å². The van der Waals surface area contributed by atoms with Gasteiger partial charge in [0.05, 0.1) is 0 Å². The van der Waals surface area contributed by atoms with Crippen LogP contribution in [0.5, 0.6) is 0 Å². The molecule has 0 saturated carbocycles. The van der Waals surface area contributed by atoms with Crippen molar-refractivity contribution in [3.63, 3.8) is 0 Å². The fourth-order valence-corrected chi connectivity index (χ4v) is 1.04. The molecule has 15 heavy (non-hydrogen) atoms. The highest BCUT2D eigenvalue weighted by molar-refractivity contribution is 5.98. The first-order chi connectivity index (χ1) is 7.25. The molecule has 2 aromatic rings. The van der Waals surface area contributed by atoms with Crippen molar-refractivity contribution in [2.75, 3.05) is 5.43 Å². The summed E-state index contributed by atoms with van der Waals surface area (Å²) < 4.78 is 0. The highest BCUT2D eigenvalue weighted by Crippen LogP contribution is 1.97. The Morgan fingerprint density at radius 1 is 1.47 bits per heavy atom. The smallest absolute Gasteiger partial charge is 0.266 e. The number of nitrogens with zero attached hydrogens (tertiary/aromatic N) is 5. The van der Waals surface area contributed by atoms with Gasteiger partial charge in [-0.3, -0.25) is 4.79 Å². The van der Waals surface area contributed by atoms with E-state index in [4.69, 9.17) is 0 Å². The number of aromatic nitrogens is 5. The van der Waals surface area contributed by atoms with Crippen molar-refractivity contribution >= 4 is 5.91 Å². The van der Waals surface area contributed by atoms with Crippen molar-refractivity contribution in [3.05, 3.63) is 35.9 Å². The first-order valence-electron chi connectivity index (χ1n) is 4.24. The van der Waals surface area contributed by atoms with Gasteiger partial charge in [-0.15, -0.1) is 9.89 Å². The van der Waals surface area contributed by atoms with Gasteiger partial charge in [0.15, 0.2) is 6.33 Å². The Kier molecular flexibility index (Phi) is 2.36. The molecule has 7 heteroatoms. The topological polar surface area (TPSA) is 85.6 Å². The second-order valence-electron chi connectivity index (χ2n) is 2.86. The third kappa shape index (κ3) is 2.13. The maximum atomic E-state index is 11.6. The van der Waals surface area contributed by atoms with Crippen molar-refractivity contribution in [1.29, 1.82) is 0 Å². The van der Waals surface area contributed by atoms with Crippen LogP contribution in [0, 0.1) is 6.92 Å². The molecule has 1 N–H and O–H groups in total. The van der Waals surface area contributed by atoms with Crippen LogP contribution in [0.15, 0.2) is 24.5 Å². The number of hydrogen-bond acceptors (Lipinski definition) is 5. The van der Waals surface area contributed by atoms with E-state index in [1.54, 1.807) is 12.1 Å². The summed E-state index contributed by atoms with van der Waals surface area (Å²) in [5.74, 6) is -0.356. The van der Waals surface area contributed by atoms with Gasteiger partial charge in [-0.05, 0) is 29.5 Å². The predicted molar refractivity (Wildman–Crippen MR) is 50.5 cm³/mol. The Hall–Kier alpha value is -2.31. The highest BCUT2D eigenvalue weighted by Gasteiger charge is 2.07. The summed E-state index contributed by atoms with van der Waals surface area (Å²) in [6, 6.07) is 5.19. The van der Waals surface area contributed by atoms with Gasteiger partial charge in [-0.1, -0.05) is 6.07 Å². The molecule has 0 unspecified atom stereocenters. The minimum Gasteiger partial charge on any atom is -0.266 e. The molecule has 76 valence electrons. The molecule has 0 aromatic carbocycles. The summed E-state index contributed by atoms with van der Waals surface area (Å²) in [5.41, 5.74) is 3.55. The van der Waals surface area contributed by atoms with Crippen LogP contribution in [0.4, 0.5) is 0 Å². The summed E-state index contributed by atoms with van der Waals surface area (Å²) in [5, 5.41) is 10.3. The average molecular weight is 204 g/mol. The fraction of sp³-hybridized carbons (Fsp3) is 0.125.